The highest BCUT2D eigenvalue weighted by Crippen LogP contribution is 2.33. The average Bonchev–Trinajstić information content (AvgIpc) is 3.21. The van der Waals surface area contributed by atoms with E-state index in [1.165, 1.54) is 43.4 Å². The van der Waals surface area contributed by atoms with Crippen LogP contribution in [-0.4, -0.2) is 33.1 Å². The van der Waals surface area contributed by atoms with Crippen molar-refractivity contribution >= 4 is 40.4 Å². The van der Waals surface area contributed by atoms with Crippen LogP contribution in [0.15, 0.2) is 60.7 Å². The predicted molar refractivity (Wildman–Crippen MR) is 119 cm³/mol. The molecule has 0 radical (unpaired) electrons. The number of benzene rings is 2. The molecule has 182 valence electrons. The van der Waals surface area contributed by atoms with E-state index in [0.717, 1.165) is 29.2 Å². The summed E-state index contributed by atoms with van der Waals surface area (Å²) in [7, 11) is 1.34. The molecular formula is C22H13Cl2F5N4O2. The molecule has 0 aliphatic rings. The summed E-state index contributed by atoms with van der Waals surface area (Å²) in [4.78, 5) is 18.2. The number of anilines is 1. The molecule has 13 heteroatoms. The Morgan fingerprint density at radius 3 is 2.20 bits per heavy atom. The van der Waals surface area contributed by atoms with Crippen molar-refractivity contribution in [2.75, 3.05) is 11.9 Å². The van der Waals surface area contributed by atoms with Gasteiger partial charge in [0.2, 0.25) is 0 Å². The van der Waals surface area contributed by atoms with Crippen molar-refractivity contribution in [3.63, 3.8) is 0 Å². The number of halogens is 7. The van der Waals surface area contributed by atoms with Gasteiger partial charge < -0.3 is 9.64 Å². The van der Waals surface area contributed by atoms with Gasteiger partial charge in [0, 0.05) is 41.0 Å². The number of amides is 1. The van der Waals surface area contributed by atoms with Crippen LogP contribution in [0, 0.1) is 0 Å². The maximum absolute atomic E-state index is 13.8. The second-order valence-corrected chi connectivity index (χ2v) is 8.11. The molecule has 4 aromatic rings. The first-order valence-corrected chi connectivity index (χ1v) is 10.5. The maximum atomic E-state index is 13.8. The van der Waals surface area contributed by atoms with Crippen LogP contribution in [0.4, 0.5) is 27.6 Å². The highest BCUT2D eigenvalue weighted by Gasteiger charge is 2.36. The van der Waals surface area contributed by atoms with Crippen LogP contribution in [0.2, 0.25) is 5.02 Å². The molecule has 0 bridgehead atoms. The molecule has 2 aromatic heterocycles. The minimum absolute atomic E-state index is 0.0143. The zero-order valence-electron chi connectivity index (χ0n) is 17.5. The lowest BCUT2D eigenvalue weighted by Crippen LogP contribution is -2.26. The molecule has 35 heavy (non-hydrogen) atoms. The Morgan fingerprint density at radius 2 is 1.63 bits per heavy atom. The number of alkyl halides is 6. The molecule has 4 rings (SSSR count). The molecular weight excluding hydrogens is 518 g/mol. The lowest BCUT2D eigenvalue weighted by molar-refractivity contribution is -0.142. The summed E-state index contributed by atoms with van der Waals surface area (Å²) >= 11 is 10.6. The predicted octanol–water partition coefficient (Wildman–Crippen LogP) is 6.51. The minimum atomic E-state index is -4.79. The SMILES string of the molecule is CN(C(=O)c1cc2nc(-c3ccc(Cl)cc3)cc(C(F)(F)F)n2n1)c1ccc(OC(F)(F)Cl)cc1. The van der Waals surface area contributed by atoms with Crippen LogP contribution in [0.25, 0.3) is 16.9 Å². The van der Waals surface area contributed by atoms with Gasteiger partial charge in [0.05, 0.1) is 5.69 Å². The van der Waals surface area contributed by atoms with Crippen LogP contribution in [0.3, 0.4) is 0 Å². The highest BCUT2D eigenvalue weighted by atomic mass is 35.5. The van der Waals surface area contributed by atoms with Gasteiger partial charge in [-0.3, -0.25) is 4.79 Å². The van der Waals surface area contributed by atoms with E-state index >= 15 is 0 Å². The van der Waals surface area contributed by atoms with Gasteiger partial charge in [-0.1, -0.05) is 23.7 Å². The Balaban J connectivity index is 1.70. The number of carbonyl (C=O) groups is 1. The molecule has 0 aliphatic carbocycles. The first-order valence-electron chi connectivity index (χ1n) is 9.70. The topological polar surface area (TPSA) is 59.7 Å². The van der Waals surface area contributed by atoms with Crippen LogP contribution < -0.4 is 9.64 Å². The van der Waals surface area contributed by atoms with Gasteiger partial charge in [0.1, 0.15) is 5.75 Å². The van der Waals surface area contributed by atoms with Crippen molar-refractivity contribution in [3.05, 3.63) is 77.1 Å². The minimum Gasteiger partial charge on any atom is -0.420 e. The van der Waals surface area contributed by atoms with Crippen molar-refractivity contribution in [1.29, 1.82) is 0 Å². The summed E-state index contributed by atoms with van der Waals surface area (Å²) in [5.41, 5.74) is -4.91. The Kier molecular flexibility index (Phi) is 6.32. The van der Waals surface area contributed by atoms with Crippen molar-refractivity contribution in [2.45, 2.75) is 11.7 Å². The van der Waals surface area contributed by atoms with Crippen molar-refractivity contribution in [1.82, 2.24) is 14.6 Å². The molecule has 0 unspecified atom stereocenters. The van der Waals surface area contributed by atoms with E-state index in [-0.39, 0.29) is 28.5 Å². The number of fused-ring (bicyclic) bond motifs is 1. The van der Waals surface area contributed by atoms with Gasteiger partial charge in [-0.15, -0.1) is 8.78 Å². The molecule has 0 saturated heterocycles. The first-order chi connectivity index (χ1) is 16.3. The third-order valence-corrected chi connectivity index (χ3v) is 5.17. The lowest BCUT2D eigenvalue weighted by Gasteiger charge is -2.17. The summed E-state index contributed by atoms with van der Waals surface area (Å²) in [5, 5.41) is 4.23. The van der Waals surface area contributed by atoms with E-state index in [1.807, 2.05) is 0 Å². The van der Waals surface area contributed by atoms with E-state index in [9.17, 15) is 26.7 Å². The van der Waals surface area contributed by atoms with Gasteiger partial charge in [0.15, 0.2) is 17.0 Å². The number of hydrogen-bond donors (Lipinski definition) is 0. The number of carbonyl (C=O) groups excluding carboxylic acids is 1. The van der Waals surface area contributed by atoms with Crippen LogP contribution >= 0.6 is 23.2 Å². The Bertz CT molecular complexity index is 1380. The largest absolute Gasteiger partial charge is 0.487 e. The molecule has 0 spiro atoms. The second kappa shape index (κ2) is 8.97. The Hall–Kier alpha value is -3.44. The Labute approximate surface area is 204 Å². The molecule has 0 fully saturated rings. The third-order valence-electron chi connectivity index (χ3n) is 4.84. The number of nitrogens with zero attached hydrogens (tertiary/aromatic N) is 4. The van der Waals surface area contributed by atoms with Gasteiger partial charge in [0.25, 0.3) is 5.91 Å². The highest BCUT2D eigenvalue weighted by molar-refractivity contribution is 6.30. The normalized spacial score (nSPS) is 12.1. The van der Waals surface area contributed by atoms with Crippen molar-refractivity contribution in [3.8, 4) is 17.0 Å². The molecule has 0 aliphatic heterocycles. The molecule has 0 N–H and O–H groups in total. The van der Waals surface area contributed by atoms with Gasteiger partial charge in [-0.2, -0.15) is 18.3 Å². The van der Waals surface area contributed by atoms with E-state index in [1.54, 1.807) is 0 Å². The molecule has 0 atom stereocenters. The zero-order valence-corrected chi connectivity index (χ0v) is 19.0. The average molecular weight is 531 g/mol. The standard InChI is InChI=1S/C22H13Cl2F5N4O2/c1-32(14-6-8-15(9-7-14)35-22(24,28)29)20(34)17-11-19-30-16(12-2-4-13(23)5-3-12)10-18(21(25,26)27)33(19)31-17/h2-11H,1H3. The monoisotopic (exact) mass is 530 g/mol. The third kappa shape index (κ3) is 5.46. The van der Waals surface area contributed by atoms with Crippen LogP contribution in [0.5, 0.6) is 5.75 Å². The molecule has 2 heterocycles. The molecule has 6 nitrogen and oxygen atoms in total. The molecule has 2 aromatic carbocycles. The zero-order chi connectivity index (χ0) is 25.5. The van der Waals surface area contributed by atoms with E-state index < -0.39 is 23.3 Å². The maximum Gasteiger partial charge on any atom is 0.487 e. The molecule has 0 saturated carbocycles. The summed E-state index contributed by atoms with van der Waals surface area (Å²) in [6.07, 6.45) is -4.79. The number of rotatable bonds is 5. The Morgan fingerprint density at radius 1 is 1.00 bits per heavy atom. The first kappa shape index (κ1) is 24.7. The number of hydrogen-bond acceptors (Lipinski definition) is 4. The van der Waals surface area contributed by atoms with Crippen molar-refractivity contribution < 1.29 is 31.5 Å². The van der Waals surface area contributed by atoms with Crippen LogP contribution in [0.1, 0.15) is 16.2 Å². The summed E-state index contributed by atoms with van der Waals surface area (Å²) in [5.74, 6) is -1.01. The van der Waals surface area contributed by atoms with E-state index in [4.69, 9.17) is 23.2 Å². The fourth-order valence-corrected chi connectivity index (χ4v) is 3.43. The van der Waals surface area contributed by atoms with Crippen LogP contribution in [-0.2, 0) is 6.18 Å². The quantitative estimate of drug-likeness (QED) is 0.218. The number of ether oxygens (including phenoxy) is 1. The number of aromatic nitrogens is 3. The second-order valence-electron chi connectivity index (χ2n) is 7.24. The van der Waals surface area contributed by atoms with Gasteiger partial charge >= 0.3 is 11.7 Å². The van der Waals surface area contributed by atoms with Gasteiger partial charge in [-0.05, 0) is 42.5 Å². The van der Waals surface area contributed by atoms with E-state index in [2.05, 4.69) is 14.8 Å². The molecule has 1 amide bonds. The fourth-order valence-electron chi connectivity index (χ4n) is 3.21. The van der Waals surface area contributed by atoms with Gasteiger partial charge in [-0.25, -0.2) is 9.50 Å². The smallest absolute Gasteiger partial charge is 0.420 e. The fraction of sp³-hybridized carbons (Fsp3) is 0.136. The van der Waals surface area contributed by atoms with Crippen molar-refractivity contribution in [2.24, 2.45) is 0 Å². The summed E-state index contributed by atoms with van der Waals surface area (Å²) < 4.78 is 71.6. The lowest BCUT2D eigenvalue weighted by atomic mass is 10.1. The summed E-state index contributed by atoms with van der Waals surface area (Å²) in [6.45, 7) is 0. The van der Waals surface area contributed by atoms with E-state index in [0.29, 0.717) is 15.1 Å². The summed E-state index contributed by atoms with van der Waals surface area (Å²) in [6, 6.07) is 12.9.